The number of rotatable bonds is 3. The van der Waals surface area contributed by atoms with Crippen LogP contribution in [-0.4, -0.2) is 17.0 Å². The smallest absolute Gasteiger partial charge is 0.374 e. The Morgan fingerprint density at radius 2 is 2.06 bits per heavy atom. The molecule has 1 aromatic heterocycles. The molecule has 0 bridgehead atoms. The van der Waals surface area contributed by atoms with Crippen LogP contribution in [0.15, 0.2) is 30.3 Å². The van der Waals surface area contributed by atoms with E-state index >= 15 is 0 Å². The van der Waals surface area contributed by atoms with E-state index in [1.54, 1.807) is 6.07 Å². The first kappa shape index (κ1) is 11.0. The van der Waals surface area contributed by atoms with Crippen molar-refractivity contribution in [2.75, 3.05) is 0 Å². The van der Waals surface area contributed by atoms with Crippen molar-refractivity contribution in [3.8, 4) is 0 Å². The highest BCUT2D eigenvalue weighted by molar-refractivity contribution is 7.19. The zero-order valence-electron chi connectivity index (χ0n) is 8.11. The summed E-state index contributed by atoms with van der Waals surface area (Å²) >= 11 is 1.20. The van der Waals surface area contributed by atoms with Crippen LogP contribution in [0, 0.1) is 0 Å². The van der Waals surface area contributed by atoms with Crippen molar-refractivity contribution in [1.82, 2.24) is 0 Å². The van der Waals surface area contributed by atoms with Crippen molar-refractivity contribution in [2.24, 2.45) is 0 Å². The summed E-state index contributed by atoms with van der Waals surface area (Å²) in [7, 11) is 0. The van der Waals surface area contributed by atoms with E-state index in [0.717, 1.165) is 10.1 Å². The Morgan fingerprint density at radius 3 is 2.69 bits per heavy atom. The molecule has 84 valence electrons. The predicted molar refractivity (Wildman–Crippen MR) is 58.1 cm³/mol. The minimum Gasteiger partial charge on any atom is -0.477 e. The number of aliphatic carboxylic acids is 1. The van der Waals surface area contributed by atoms with Crippen LogP contribution in [-0.2, 0) is 11.2 Å². The second kappa shape index (κ2) is 3.83. The summed E-state index contributed by atoms with van der Waals surface area (Å²) in [4.78, 5) is 10.7. The highest BCUT2D eigenvalue weighted by atomic mass is 32.1. The minimum atomic E-state index is -3.69. The van der Waals surface area contributed by atoms with Gasteiger partial charge in [-0.2, -0.15) is 8.78 Å². The summed E-state index contributed by atoms with van der Waals surface area (Å²) < 4.78 is 26.8. The van der Waals surface area contributed by atoms with Crippen LogP contribution >= 0.6 is 11.3 Å². The molecule has 0 amide bonds. The van der Waals surface area contributed by atoms with Crippen molar-refractivity contribution in [1.29, 1.82) is 0 Å². The predicted octanol–water partition coefficient (Wildman–Crippen LogP) is 3.16. The molecule has 0 fully saturated rings. The number of carboxylic acids is 1. The van der Waals surface area contributed by atoms with Gasteiger partial charge in [0.05, 0.1) is 6.42 Å². The Morgan fingerprint density at radius 1 is 1.38 bits per heavy atom. The number of carboxylic acid groups (broad SMARTS) is 1. The topological polar surface area (TPSA) is 37.3 Å². The van der Waals surface area contributed by atoms with E-state index in [2.05, 4.69) is 0 Å². The number of hydrogen-bond donors (Lipinski definition) is 1. The van der Waals surface area contributed by atoms with Gasteiger partial charge in [0.15, 0.2) is 0 Å². The lowest BCUT2D eigenvalue weighted by Gasteiger charge is -2.08. The maximum atomic E-state index is 13.0. The SMILES string of the molecule is O=C(O)C(F)(F)Cc1cc2ccccc2s1. The highest BCUT2D eigenvalue weighted by Gasteiger charge is 2.39. The Kier molecular flexibility index (Phi) is 2.63. The Labute approximate surface area is 94.1 Å². The third-order valence-electron chi connectivity index (χ3n) is 2.19. The molecule has 0 aliphatic rings. The number of benzene rings is 1. The number of thiophene rings is 1. The van der Waals surface area contributed by atoms with Crippen molar-refractivity contribution in [3.05, 3.63) is 35.2 Å². The van der Waals surface area contributed by atoms with Crippen LogP contribution in [0.25, 0.3) is 10.1 Å². The van der Waals surface area contributed by atoms with E-state index in [0.29, 0.717) is 4.88 Å². The molecule has 2 aromatic rings. The molecule has 0 saturated carbocycles. The molecule has 2 rings (SSSR count). The molecular weight excluding hydrogens is 234 g/mol. The quantitative estimate of drug-likeness (QED) is 0.897. The fourth-order valence-corrected chi connectivity index (χ4v) is 2.53. The number of halogens is 2. The second-order valence-corrected chi connectivity index (χ2v) is 4.61. The van der Waals surface area contributed by atoms with Crippen LogP contribution in [0.2, 0.25) is 0 Å². The van der Waals surface area contributed by atoms with Gasteiger partial charge in [0.1, 0.15) is 0 Å². The van der Waals surface area contributed by atoms with Gasteiger partial charge in [0.2, 0.25) is 0 Å². The molecule has 1 heterocycles. The molecule has 1 aromatic carbocycles. The minimum absolute atomic E-state index is 0.383. The molecule has 0 atom stereocenters. The summed E-state index contributed by atoms with van der Waals surface area (Å²) in [6, 6.07) is 8.87. The number of carbonyl (C=O) groups is 1. The van der Waals surface area contributed by atoms with Crippen molar-refractivity contribution in [2.45, 2.75) is 12.3 Å². The van der Waals surface area contributed by atoms with Gasteiger partial charge in [-0.25, -0.2) is 4.79 Å². The van der Waals surface area contributed by atoms with Gasteiger partial charge in [-0.15, -0.1) is 11.3 Å². The van der Waals surface area contributed by atoms with Crippen LogP contribution in [0.4, 0.5) is 8.78 Å². The van der Waals surface area contributed by atoms with Crippen molar-refractivity contribution in [3.63, 3.8) is 0 Å². The van der Waals surface area contributed by atoms with Gasteiger partial charge in [0.25, 0.3) is 0 Å². The van der Waals surface area contributed by atoms with E-state index in [1.807, 2.05) is 24.3 Å². The van der Waals surface area contributed by atoms with Crippen LogP contribution in [0.3, 0.4) is 0 Å². The lowest BCUT2D eigenvalue weighted by atomic mass is 10.2. The van der Waals surface area contributed by atoms with E-state index in [1.165, 1.54) is 11.3 Å². The van der Waals surface area contributed by atoms with Gasteiger partial charge in [0, 0.05) is 9.58 Å². The molecule has 0 saturated heterocycles. The van der Waals surface area contributed by atoms with Gasteiger partial charge < -0.3 is 5.11 Å². The van der Waals surface area contributed by atoms with Gasteiger partial charge >= 0.3 is 11.9 Å². The fraction of sp³-hybridized carbons (Fsp3) is 0.182. The molecule has 0 aliphatic carbocycles. The largest absolute Gasteiger partial charge is 0.477 e. The Bertz CT molecular complexity index is 501. The summed E-state index contributed by atoms with van der Waals surface area (Å²) in [5.74, 6) is -5.77. The van der Waals surface area contributed by atoms with Gasteiger partial charge in [-0.1, -0.05) is 18.2 Å². The van der Waals surface area contributed by atoms with E-state index < -0.39 is 18.3 Å². The standard InChI is InChI=1S/C11H8F2O2S/c12-11(13,10(14)15)6-8-5-7-3-1-2-4-9(7)16-8/h1-5H,6H2,(H,14,15). The van der Waals surface area contributed by atoms with Crippen LogP contribution in [0.5, 0.6) is 0 Å². The van der Waals surface area contributed by atoms with E-state index in [9.17, 15) is 13.6 Å². The molecule has 16 heavy (non-hydrogen) atoms. The van der Waals surface area contributed by atoms with E-state index in [4.69, 9.17) is 5.11 Å². The first-order valence-corrected chi connectivity index (χ1v) is 5.39. The van der Waals surface area contributed by atoms with Crippen molar-refractivity contribution >= 4 is 27.4 Å². The van der Waals surface area contributed by atoms with E-state index in [-0.39, 0.29) is 0 Å². The number of alkyl halides is 2. The first-order valence-electron chi connectivity index (χ1n) is 4.58. The molecule has 0 aliphatic heterocycles. The Balaban J connectivity index is 2.32. The molecule has 0 unspecified atom stereocenters. The summed E-state index contributed by atoms with van der Waals surface area (Å²) in [5, 5.41) is 9.20. The Hall–Kier alpha value is -1.49. The lowest BCUT2D eigenvalue weighted by Crippen LogP contribution is -2.30. The summed E-state index contributed by atoms with van der Waals surface area (Å²) in [6.07, 6.45) is -0.748. The van der Waals surface area contributed by atoms with Crippen molar-refractivity contribution < 1.29 is 18.7 Å². The zero-order valence-corrected chi connectivity index (χ0v) is 8.93. The summed E-state index contributed by atoms with van der Waals surface area (Å²) in [5.41, 5.74) is 0. The third kappa shape index (κ3) is 2.04. The molecule has 0 radical (unpaired) electrons. The highest BCUT2D eigenvalue weighted by Crippen LogP contribution is 2.30. The lowest BCUT2D eigenvalue weighted by molar-refractivity contribution is -0.164. The zero-order chi connectivity index (χ0) is 11.8. The third-order valence-corrected chi connectivity index (χ3v) is 3.30. The maximum Gasteiger partial charge on any atom is 0.374 e. The maximum absolute atomic E-state index is 13.0. The number of fused-ring (bicyclic) bond motifs is 1. The average Bonchev–Trinajstić information content (AvgIpc) is 2.58. The molecular formula is C11H8F2O2S. The number of hydrogen-bond acceptors (Lipinski definition) is 2. The monoisotopic (exact) mass is 242 g/mol. The first-order chi connectivity index (χ1) is 7.49. The van der Waals surface area contributed by atoms with Crippen LogP contribution in [0.1, 0.15) is 4.88 Å². The second-order valence-electron chi connectivity index (χ2n) is 3.44. The normalized spacial score (nSPS) is 11.9. The van der Waals surface area contributed by atoms with Crippen LogP contribution < -0.4 is 0 Å². The molecule has 0 spiro atoms. The van der Waals surface area contributed by atoms with Gasteiger partial charge in [-0.05, 0) is 17.5 Å². The molecule has 5 heteroatoms. The average molecular weight is 242 g/mol. The molecule has 2 nitrogen and oxygen atoms in total. The van der Waals surface area contributed by atoms with Gasteiger partial charge in [-0.3, -0.25) is 0 Å². The summed E-state index contributed by atoms with van der Waals surface area (Å²) in [6.45, 7) is 0. The molecule has 1 N–H and O–H groups in total. The fourth-order valence-electron chi connectivity index (χ4n) is 1.42.